The number of aromatic nitrogens is 3. The van der Waals surface area contributed by atoms with Crippen molar-refractivity contribution >= 4 is 23.3 Å². The number of nitrogens with zero attached hydrogens (tertiary/aromatic N) is 4. The van der Waals surface area contributed by atoms with Crippen molar-refractivity contribution in [2.24, 2.45) is 0 Å². The van der Waals surface area contributed by atoms with Crippen LogP contribution in [0.5, 0.6) is 0 Å². The van der Waals surface area contributed by atoms with Crippen molar-refractivity contribution in [1.29, 1.82) is 5.26 Å². The Bertz CT molecular complexity index is 1100. The Kier molecular flexibility index (Phi) is 4.56. The molecule has 0 bridgehead atoms. The van der Waals surface area contributed by atoms with E-state index in [1.165, 1.54) is 10.9 Å². The Morgan fingerprint density at radius 3 is 2.93 bits per heavy atom. The summed E-state index contributed by atoms with van der Waals surface area (Å²) >= 11 is 0. The van der Waals surface area contributed by atoms with Crippen LogP contribution in [0.3, 0.4) is 0 Å². The van der Waals surface area contributed by atoms with Crippen molar-refractivity contribution in [3.8, 4) is 11.9 Å². The maximum absolute atomic E-state index is 12.8. The third-order valence-corrected chi connectivity index (χ3v) is 4.48. The predicted octanol–water partition coefficient (Wildman–Crippen LogP) is 2.67. The fourth-order valence-corrected chi connectivity index (χ4v) is 3.10. The molecule has 8 heteroatoms. The van der Waals surface area contributed by atoms with E-state index in [9.17, 15) is 14.9 Å². The van der Waals surface area contributed by atoms with Crippen molar-refractivity contribution in [3.05, 3.63) is 65.5 Å². The molecule has 28 heavy (non-hydrogen) atoms. The van der Waals surface area contributed by atoms with Crippen LogP contribution in [-0.2, 0) is 11.2 Å². The van der Waals surface area contributed by atoms with Crippen LogP contribution in [0.2, 0.25) is 0 Å². The minimum Gasteiger partial charge on any atom is -0.326 e. The number of carbonyl (C=O) groups excluding carboxylic acids is 2. The Balaban J connectivity index is 1.65. The molecule has 0 fully saturated rings. The Hall–Kier alpha value is -3.99. The van der Waals surface area contributed by atoms with Gasteiger partial charge in [-0.05, 0) is 48.7 Å². The highest BCUT2D eigenvalue weighted by molar-refractivity contribution is 6.05. The summed E-state index contributed by atoms with van der Waals surface area (Å²) in [6, 6.07) is 12.5. The lowest BCUT2D eigenvalue weighted by Gasteiger charge is -2.11. The van der Waals surface area contributed by atoms with Gasteiger partial charge in [0, 0.05) is 23.9 Å². The second kappa shape index (κ2) is 7.32. The molecule has 0 saturated carbocycles. The number of nitriles is 1. The van der Waals surface area contributed by atoms with Gasteiger partial charge in [-0.15, -0.1) is 0 Å². The largest absolute Gasteiger partial charge is 0.326 e. The van der Waals surface area contributed by atoms with Crippen molar-refractivity contribution in [2.45, 2.75) is 19.3 Å². The van der Waals surface area contributed by atoms with Crippen molar-refractivity contribution in [1.82, 2.24) is 14.8 Å². The first-order valence-electron chi connectivity index (χ1n) is 8.79. The number of fused-ring (bicyclic) bond motifs is 1. The number of amides is 2. The van der Waals surface area contributed by atoms with Crippen molar-refractivity contribution in [2.75, 3.05) is 10.6 Å². The van der Waals surface area contributed by atoms with Gasteiger partial charge in [0.1, 0.15) is 11.6 Å². The first-order valence-corrected chi connectivity index (χ1v) is 8.79. The van der Waals surface area contributed by atoms with Gasteiger partial charge in [0.15, 0.2) is 11.6 Å². The van der Waals surface area contributed by atoms with Gasteiger partial charge in [-0.2, -0.15) is 15.0 Å². The van der Waals surface area contributed by atoms with Crippen LogP contribution in [0, 0.1) is 11.3 Å². The predicted molar refractivity (Wildman–Crippen MR) is 102 cm³/mol. The number of anilines is 2. The maximum Gasteiger partial charge on any atom is 0.256 e. The molecule has 0 atom stereocenters. The molecule has 0 radical (unpaired) electrons. The van der Waals surface area contributed by atoms with Gasteiger partial charge in [-0.25, -0.2) is 4.98 Å². The molecule has 2 N–H and O–H groups in total. The van der Waals surface area contributed by atoms with Crippen LogP contribution in [-0.4, -0.2) is 26.6 Å². The van der Waals surface area contributed by atoms with Crippen LogP contribution in [0.15, 0.2) is 48.8 Å². The first kappa shape index (κ1) is 17.4. The highest BCUT2D eigenvalue weighted by Gasteiger charge is 2.19. The lowest BCUT2D eigenvalue weighted by Crippen LogP contribution is -2.17. The van der Waals surface area contributed by atoms with Crippen molar-refractivity contribution in [3.63, 3.8) is 0 Å². The third-order valence-electron chi connectivity index (χ3n) is 4.48. The van der Waals surface area contributed by atoms with E-state index >= 15 is 0 Å². The number of hydrogen-bond donors (Lipinski definition) is 2. The Morgan fingerprint density at radius 2 is 2.14 bits per heavy atom. The number of aryl methyl sites for hydroxylation is 1. The molecule has 3 heterocycles. The lowest BCUT2D eigenvalue weighted by atomic mass is 10.0. The third kappa shape index (κ3) is 3.33. The molecule has 138 valence electrons. The van der Waals surface area contributed by atoms with Gasteiger partial charge in [0.05, 0.1) is 6.20 Å². The molecule has 2 aromatic heterocycles. The van der Waals surface area contributed by atoms with Crippen molar-refractivity contribution < 1.29 is 9.59 Å². The van der Waals surface area contributed by atoms with Crippen LogP contribution in [0.25, 0.3) is 5.82 Å². The quantitative estimate of drug-likeness (QED) is 0.734. The van der Waals surface area contributed by atoms with Crippen LogP contribution >= 0.6 is 0 Å². The molecule has 0 unspecified atom stereocenters. The van der Waals surface area contributed by atoms with E-state index in [1.807, 2.05) is 6.07 Å². The molecular weight excluding hydrogens is 356 g/mol. The van der Waals surface area contributed by atoms with E-state index in [0.29, 0.717) is 24.2 Å². The summed E-state index contributed by atoms with van der Waals surface area (Å²) in [7, 11) is 0. The number of benzene rings is 1. The molecule has 1 aliphatic heterocycles. The Morgan fingerprint density at radius 1 is 1.25 bits per heavy atom. The molecule has 1 aliphatic rings. The van der Waals surface area contributed by atoms with E-state index in [-0.39, 0.29) is 23.2 Å². The summed E-state index contributed by atoms with van der Waals surface area (Å²) in [5.41, 5.74) is 2.32. The molecule has 4 rings (SSSR count). The second-order valence-corrected chi connectivity index (χ2v) is 6.35. The second-order valence-electron chi connectivity index (χ2n) is 6.35. The van der Waals surface area contributed by atoms with E-state index in [2.05, 4.69) is 20.7 Å². The van der Waals surface area contributed by atoms with Gasteiger partial charge in [-0.3, -0.25) is 9.59 Å². The highest BCUT2D eigenvalue weighted by atomic mass is 16.2. The molecule has 8 nitrogen and oxygen atoms in total. The summed E-state index contributed by atoms with van der Waals surface area (Å²) < 4.78 is 1.42. The smallest absolute Gasteiger partial charge is 0.256 e. The summed E-state index contributed by atoms with van der Waals surface area (Å²) in [6.45, 7) is 0. The number of pyridine rings is 1. The normalized spacial score (nSPS) is 13.0. The zero-order valence-electron chi connectivity index (χ0n) is 14.8. The van der Waals surface area contributed by atoms with Crippen LogP contribution in [0.1, 0.15) is 34.3 Å². The van der Waals surface area contributed by atoms with Crippen LogP contribution < -0.4 is 10.6 Å². The SMILES string of the molecule is N#Cc1cnn(-c2ccccn2)c1NC(=O)c1ccc2c(c1)CCCC(=O)N2. The standard InChI is InChI=1S/C20H16N6O2/c21-11-15-12-23-26(17-5-1-2-9-22-17)19(15)25-20(28)14-7-8-16-13(10-14)4-3-6-18(27)24-16/h1-2,5,7-10,12H,3-4,6H2,(H,24,27)(H,25,28). The molecule has 0 spiro atoms. The van der Waals surface area contributed by atoms with E-state index in [4.69, 9.17) is 0 Å². The van der Waals surface area contributed by atoms with Gasteiger partial charge in [0.2, 0.25) is 5.91 Å². The van der Waals surface area contributed by atoms with E-state index < -0.39 is 0 Å². The van der Waals surface area contributed by atoms with Gasteiger partial charge < -0.3 is 10.6 Å². The average Bonchev–Trinajstić information content (AvgIpc) is 3.02. The zero-order chi connectivity index (χ0) is 19.5. The fourth-order valence-electron chi connectivity index (χ4n) is 3.10. The minimum absolute atomic E-state index is 0.0196. The number of nitrogens with one attached hydrogen (secondary N) is 2. The summed E-state index contributed by atoms with van der Waals surface area (Å²) in [6.07, 6.45) is 4.90. The zero-order valence-corrected chi connectivity index (χ0v) is 14.8. The average molecular weight is 372 g/mol. The molecule has 1 aromatic carbocycles. The fraction of sp³-hybridized carbons (Fsp3) is 0.150. The number of carbonyl (C=O) groups is 2. The summed E-state index contributed by atoms with van der Waals surface area (Å²) in [5, 5.41) is 19.1. The first-order chi connectivity index (χ1) is 13.7. The molecular formula is C20H16N6O2. The van der Waals surface area contributed by atoms with E-state index in [1.54, 1.807) is 42.6 Å². The number of rotatable bonds is 3. The maximum atomic E-state index is 12.8. The summed E-state index contributed by atoms with van der Waals surface area (Å²) in [4.78, 5) is 28.7. The highest BCUT2D eigenvalue weighted by Crippen LogP contribution is 2.24. The molecule has 2 amide bonds. The summed E-state index contributed by atoms with van der Waals surface area (Å²) in [5.74, 6) is 0.361. The minimum atomic E-state index is -0.368. The Labute approximate surface area is 160 Å². The van der Waals surface area contributed by atoms with Gasteiger partial charge >= 0.3 is 0 Å². The van der Waals surface area contributed by atoms with Gasteiger partial charge in [0.25, 0.3) is 5.91 Å². The van der Waals surface area contributed by atoms with E-state index in [0.717, 1.165) is 17.7 Å². The lowest BCUT2D eigenvalue weighted by molar-refractivity contribution is -0.116. The molecule has 3 aromatic rings. The molecule has 0 aliphatic carbocycles. The van der Waals surface area contributed by atoms with Gasteiger partial charge in [-0.1, -0.05) is 6.07 Å². The monoisotopic (exact) mass is 372 g/mol. The van der Waals surface area contributed by atoms with Crippen LogP contribution in [0.4, 0.5) is 11.5 Å². The topological polar surface area (TPSA) is 113 Å². The molecule has 0 saturated heterocycles. The number of hydrogen-bond acceptors (Lipinski definition) is 5.